The van der Waals surface area contributed by atoms with Crippen LogP contribution in [-0.2, 0) is 33.6 Å². The molecule has 5 amide bonds. The molecule has 0 aromatic carbocycles. The fraction of sp³-hybridized carbons (Fsp3) is 0.680. The molecule has 1 heterocycles. The van der Waals surface area contributed by atoms with E-state index in [0.717, 1.165) is 4.90 Å². The number of aliphatic hydroxyl groups excluding tert-OH is 1. The zero-order chi connectivity index (χ0) is 33.6. The van der Waals surface area contributed by atoms with E-state index in [1.807, 2.05) is 0 Å². The van der Waals surface area contributed by atoms with Gasteiger partial charge >= 0.3 is 11.9 Å². The van der Waals surface area contributed by atoms with Crippen LogP contribution in [-0.4, -0.2) is 124 Å². The second-order valence-electron chi connectivity index (χ2n) is 10.4. The fourth-order valence-corrected chi connectivity index (χ4v) is 4.35. The van der Waals surface area contributed by atoms with E-state index < -0.39 is 91.1 Å². The van der Waals surface area contributed by atoms with Crippen LogP contribution >= 0.6 is 0 Å². The Morgan fingerprint density at radius 3 is 2.16 bits per heavy atom. The molecule has 0 aromatic heterocycles. The van der Waals surface area contributed by atoms with Gasteiger partial charge in [0.2, 0.25) is 29.5 Å². The number of carbonyl (C=O) groups is 7. The van der Waals surface area contributed by atoms with Crippen molar-refractivity contribution in [2.45, 2.75) is 76.2 Å². The topological polar surface area (TPSA) is 322 Å². The Labute approximate surface area is 253 Å². The summed E-state index contributed by atoms with van der Waals surface area (Å²) in [7, 11) is 0. The van der Waals surface area contributed by atoms with Crippen molar-refractivity contribution in [2.24, 2.45) is 28.1 Å². The van der Waals surface area contributed by atoms with Gasteiger partial charge in [-0.2, -0.15) is 0 Å². The second kappa shape index (κ2) is 18.2. The first-order chi connectivity index (χ1) is 20.6. The Kier molecular flexibility index (Phi) is 15.5. The molecule has 0 aliphatic carbocycles. The largest absolute Gasteiger partial charge is 0.481 e. The number of aliphatic imine (C=N–C) groups is 1. The standard InChI is InChI=1S/C25H43N9O10/c1-12(2)19(33-16(36)10-26)23(42)34-9-7-15(35)20(34)22(41)30-11-17(37)31-13(5-6-18(38)39)21(40)32-14(24(43)44)4-3-8-29-25(27)28/h12-15,19-20,35H,3-11,26H2,1-2H3,(H,30,41)(H,31,37)(H,32,40)(H,33,36)(H,38,39)(H,43,44)(H4,27,28,29)/t13-,14-,15-,19-,20-/m0/s1. The molecule has 0 saturated carbocycles. The average molecular weight is 630 g/mol. The molecule has 0 spiro atoms. The molecule has 0 bridgehead atoms. The Balaban J connectivity index is 2.90. The number of aliphatic hydroxyl groups is 1. The molecule has 19 nitrogen and oxygen atoms in total. The molecule has 13 N–H and O–H groups in total. The van der Waals surface area contributed by atoms with Gasteiger partial charge in [0.1, 0.15) is 24.2 Å². The molecule has 1 saturated heterocycles. The zero-order valence-corrected chi connectivity index (χ0v) is 24.7. The van der Waals surface area contributed by atoms with Gasteiger partial charge in [0.25, 0.3) is 0 Å². The van der Waals surface area contributed by atoms with Gasteiger partial charge in [-0.3, -0.25) is 33.8 Å². The SMILES string of the molecule is CC(C)[C@H](NC(=O)CN)C(=O)N1CC[C@H](O)[C@H]1C(=O)NCC(=O)N[C@@H](CCC(=O)O)C(=O)N[C@@H](CCCN=C(N)N)C(=O)O. The number of carboxylic acids is 2. The maximum Gasteiger partial charge on any atom is 0.326 e. The third-order valence-corrected chi connectivity index (χ3v) is 6.63. The zero-order valence-electron chi connectivity index (χ0n) is 24.7. The van der Waals surface area contributed by atoms with E-state index in [1.165, 1.54) is 0 Å². The van der Waals surface area contributed by atoms with Gasteiger partial charge in [-0.1, -0.05) is 13.8 Å². The third-order valence-electron chi connectivity index (χ3n) is 6.63. The molecule has 248 valence electrons. The molecule has 1 aliphatic rings. The molecular weight excluding hydrogens is 586 g/mol. The number of carboxylic acid groups (broad SMARTS) is 2. The highest BCUT2D eigenvalue weighted by Crippen LogP contribution is 2.21. The molecule has 1 rings (SSSR count). The molecule has 0 aromatic rings. The molecule has 0 unspecified atom stereocenters. The summed E-state index contributed by atoms with van der Waals surface area (Å²) in [5, 5.41) is 38.2. The molecule has 1 fully saturated rings. The van der Waals surface area contributed by atoms with Crippen LogP contribution in [0.1, 0.15) is 46.0 Å². The predicted molar refractivity (Wildman–Crippen MR) is 153 cm³/mol. The normalized spacial score (nSPS) is 18.0. The number of likely N-dealkylation sites (tertiary alicyclic amines) is 1. The van der Waals surface area contributed by atoms with Crippen LogP contribution in [0.15, 0.2) is 4.99 Å². The first kappa shape index (κ1) is 37.5. The van der Waals surface area contributed by atoms with Crippen LogP contribution < -0.4 is 38.5 Å². The highest BCUT2D eigenvalue weighted by atomic mass is 16.4. The molecule has 19 heteroatoms. The Bertz CT molecular complexity index is 1100. The number of amides is 5. The van der Waals surface area contributed by atoms with Gasteiger partial charge in [-0.15, -0.1) is 0 Å². The van der Waals surface area contributed by atoms with Crippen molar-refractivity contribution in [1.82, 2.24) is 26.2 Å². The lowest BCUT2D eigenvalue weighted by atomic mass is 10.0. The summed E-state index contributed by atoms with van der Waals surface area (Å²) in [6, 6.07) is -5.27. The van der Waals surface area contributed by atoms with Crippen molar-refractivity contribution < 1.29 is 48.9 Å². The van der Waals surface area contributed by atoms with Crippen LogP contribution in [0.2, 0.25) is 0 Å². The van der Waals surface area contributed by atoms with Crippen molar-refractivity contribution in [2.75, 3.05) is 26.2 Å². The third kappa shape index (κ3) is 12.4. The maximum absolute atomic E-state index is 13.2. The molecule has 0 radical (unpaired) electrons. The van der Waals surface area contributed by atoms with Crippen molar-refractivity contribution in [3.8, 4) is 0 Å². The van der Waals surface area contributed by atoms with E-state index in [0.29, 0.717) is 0 Å². The Hall–Kier alpha value is -4.52. The summed E-state index contributed by atoms with van der Waals surface area (Å²) in [5.74, 6) is -7.22. The summed E-state index contributed by atoms with van der Waals surface area (Å²) in [4.78, 5) is 91.0. The van der Waals surface area contributed by atoms with Crippen LogP contribution in [0.3, 0.4) is 0 Å². The van der Waals surface area contributed by atoms with Gasteiger partial charge in [0.05, 0.1) is 19.2 Å². The van der Waals surface area contributed by atoms with E-state index in [4.69, 9.17) is 22.3 Å². The molecule has 44 heavy (non-hydrogen) atoms. The summed E-state index contributed by atoms with van der Waals surface area (Å²) < 4.78 is 0. The molecular formula is C25H43N9O10. The minimum atomic E-state index is -1.47. The quantitative estimate of drug-likeness (QED) is 0.0387. The second-order valence-corrected chi connectivity index (χ2v) is 10.4. The lowest BCUT2D eigenvalue weighted by Crippen LogP contribution is -2.58. The van der Waals surface area contributed by atoms with Crippen LogP contribution in [0.4, 0.5) is 0 Å². The van der Waals surface area contributed by atoms with Crippen LogP contribution in [0.5, 0.6) is 0 Å². The number of nitrogens with zero attached hydrogens (tertiary/aromatic N) is 2. The minimum absolute atomic E-state index is 0.000132. The predicted octanol–water partition coefficient (Wildman–Crippen LogP) is -4.86. The number of guanidine groups is 1. The maximum atomic E-state index is 13.2. The van der Waals surface area contributed by atoms with Gasteiger partial charge < -0.3 is 58.7 Å². The fourth-order valence-electron chi connectivity index (χ4n) is 4.35. The summed E-state index contributed by atoms with van der Waals surface area (Å²) in [5.41, 5.74) is 15.8. The Morgan fingerprint density at radius 1 is 0.955 bits per heavy atom. The first-order valence-corrected chi connectivity index (χ1v) is 13.9. The number of rotatable bonds is 18. The number of aliphatic carboxylic acids is 2. The number of nitrogens with one attached hydrogen (secondary N) is 4. The van der Waals surface area contributed by atoms with E-state index in [9.17, 15) is 43.8 Å². The van der Waals surface area contributed by atoms with Gasteiger partial charge in [0, 0.05) is 19.5 Å². The molecule has 5 atom stereocenters. The van der Waals surface area contributed by atoms with E-state index in [2.05, 4.69) is 26.3 Å². The van der Waals surface area contributed by atoms with E-state index in [1.54, 1.807) is 13.8 Å². The number of carbonyl (C=O) groups excluding carboxylic acids is 5. The van der Waals surface area contributed by atoms with E-state index in [-0.39, 0.29) is 50.8 Å². The lowest BCUT2D eigenvalue weighted by Gasteiger charge is -2.31. The number of nitrogens with two attached hydrogens (primary N) is 3. The summed E-state index contributed by atoms with van der Waals surface area (Å²) in [6.07, 6.45) is -2.03. The van der Waals surface area contributed by atoms with E-state index >= 15 is 0 Å². The molecule has 1 aliphatic heterocycles. The highest BCUT2D eigenvalue weighted by molar-refractivity contribution is 5.95. The van der Waals surface area contributed by atoms with Gasteiger partial charge in [0.15, 0.2) is 5.96 Å². The highest BCUT2D eigenvalue weighted by Gasteiger charge is 2.43. The van der Waals surface area contributed by atoms with Gasteiger partial charge in [-0.05, 0) is 31.6 Å². The monoisotopic (exact) mass is 629 g/mol. The number of hydrogen-bond acceptors (Lipinski definition) is 10. The average Bonchev–Trinajstić information content (AvgIpc) is 3.34. The lowest BCUT2D eigenvalue weighted by molar-refractivity contribution is -0.144. The minimum Gasteiger partial charge on any atom is -0.481 e. The van der Waals surface area contributed by atoms with Crippen molar-refractivity contribution in [3.63, 3.8) is 0 Å². The van der Waals surface area contributed by atoms with Gasteiger partial charge in [-0.25, -0.2) is 4.79 Å². The summed E-state index contributed by atoms with van der Waals surface area (Å²) in [6.45, 7) is 2.36. The van der Waals surface area contributed by atoms with Crippen LogP contribution in [0, 0.1) is 5.92 Å². The van der Waals surface area contributed by atoms with Crippen molar-refractivity contribution in [1.29, 1.82) is 0 Å². The van der Waals surface area contributed by atoms with Crippen molar-refractivity contribution in [3.05, 3.63) is 0 Å². The van der Waals surface area contributed by atoms with Crippen molar-refractivity contribution >= 4 is 47.4 Å². The Morgan fingerprint density at radius 2 is 1.61 bits per heavy atom. The number of hydrogen-bond donors (Lipinski definition) is 10. The smallest absolute Gasteiger partial charge is 0.326 e. The van der Waals surface area contributed by atoms with Crippen LogP contribution in [0.25, 0.3) is 0 Å². The first-order valence-electron chi connectivity index (χ1n) is 13.9. The summed E-state index contributed by atoms with van der Waals surface area (Å²) >= 11 is 0.